The van der Waals surface area contributed by atoms with Gasteiger partial charge in [-0.3, -0.25) is 0 Å². The highest BCUT2D eigenvalue weighted by Gasteiger charge is 2.45. The molecule has 9 atom stereocenters. The van der Waals surface area contributed by atoms with E-state index >= 15 is 0 Å². The van der Waals surface area contributed by atoms with Crippen LogP contribution < -0.4 is 0 Å². The van der Waals surface area contributed by atoms with E-state index < -0.39 is 37.3 Å². The lowest BCUT2D eigenvalue weighted by molar-refractivity contribution is -0.310. The molecule has 2 rings (SSSR count). The van der Waals surface area contributed by atoms with Crippen LogP contribution in [0.2, 0.25) is 0 Å². The van der Waals surface area contributed by atoms with Crippen LogP contribution in [0, 0.1) is 17.3 Å². The van der Waals surface area contributed by atoms with Crippen LogP contribution in [0.1, 0.15) is 53.4 Å². The van der Waals surface area contributed by atoms with E-state index in [0.717, 1.165) is 25.7 Å². The van der Waals surface area contributed by atoms with Gasteiger partial charge in [0, 0.05) is 0 Å². The zero-order valence-electron chi connectivity index (χ0n) is 16.3. The molecule has 154 valence electrons. The Kier molecular flexibility index (Phi) is 7.46. The summed E-state index contributed by atoms with van der Waals surface area (Å²) in [4.78, 5) is 0. The van der Waals surface area contributed by atoms with Crippen molar-refractivity contribution in [3.8, 4) is 0 Å². The highest BCUT2D eigenvalue weighted by atomic mass is 16.7. The molecule has 1 saturated heterocycles. The minimum absolute atomic E-state index is 0.0555. The minimum Gasteiger partial charge on any atom is -0.394 e. The van der Waals surface area contributed by atoms with Crippen LogP contribution in [-0.4, -0.2) is 75.1 Å². The van der Waals surface area contributed by atoms with Gasteiger partial charge in [-0.25, -0.2) is 0 Å². The third-order valence-corrected chi connectivity index (χ3v) is 6.20. The SMILES string of the molecule is C[C@H](CC[C@H]1[C@H](C)C[C@H](O)CC1(C)C)O[C@@H]1O[C@H](CO)[C@@H](O)[C@H](O)[C@H]1O. The van der Waals surface area contributed by atoms with Crippen LogP contribution in [0.3, 0.4) is 0 Å². The van der Waals surface area contributed by atoms with Crippen molar-refractivity contribution in [2.24, 2.45) is 17.3 Å². The molecule has 0 spiro atoms. The van der Waals surface area contributed by atoms with Gasteiger partial charge in [-0.05, 0) is 49.9 Å². The summed E-state index contributed by atoms with van der Waals surface area (Å²) in [5.74, 6) is 0.889. The first-order valence-electron chi connectivity index (χ1n) is 9.70. The predicted molar refractivity (Wildman–Crippen MR) is 95.2 cm³/mol. The summed E-state index contributed by atoms with van der Waals surface area (Å²) in [5, 5.41) is 49.0. The molecule has 0 aromatic rings. The lowest BCUT2D eigenvalue weighted by Crippen LogP contribution is -2.59. The van der Waals surface area contributed by atoms with E-state index in [1.54, 1.807) is 0 Å². The molecule has 0 bridgehead atoms. The van der Waals surface area contributed by atoms with E-state index in [2.05, 4.69) is 20.8 Å². The molecule has 1 saturated carbocycles. The monoisotopic (exact) mass is 376 g/mol. The second kappa shape index (κ2) is 8.82. The zero-order chi connectivity index (χ0) is 19.6. The molecule has 0 aromatic heterocycles. The van der Waals surface area contributed by atoms with E-state index in [1.807, 2.05) is 6.92 Å². The normalized spacial score (nSPS) is 44.7. The van der Waals surface area contributed by atoms with Gasteiger partial charge in [-0.2, -0.15) is 0 Å². The molecule has 0 radical (unpaired) electrons. The number of hydrogen-bond donors (Lipinski definition) is 5. The fourth-order valence-electron chi connectivity index (χ4n) is 4.77. The van der Waals surface area contributed by atoms with Gasteiger partial charge in [0.25, 0.3) is 0 Å². The fourth-order valence-corrected chi connectivity index (χ4v) is 4.77. The van der Waals surface area contributed by atoms with Crippen LogP contribution in [0.25, 0.3) is 0 Å². The van der Waals surface area contributed by atoms with Crippen molar-refractivity contribution in [2.45, 2.75) is 96.3 Å². The Labute approximate surface area is 155 Å². The average Bonchev–Trinajstić information content (AvgIpc) is 2.53. The van der Waals surface area contributed by atoms with Crippen molar-refractivity contribution < 1.29 is 35.0 Å². The van der Waals surface area contributed by atoms with Crippen molar-refractivity contribution >= 4 is 0 Å². The quantitative estimate of drug-likeness (QED) is 0.455. The highest BCUT2D eigenvalue weighted by molar-refractivity contribution is 4.91. The van der Waals surface area contributed by atoms with Crippen molar-refractivity contribution in [3.63, 3.8) is 0 Å². The molecule has 0 aromatic carbocycles. The maximum absolute atomic E-state index is 10.1. The second-order valence-electron chi connectivity index (χ2n) is 8.89. The number of rotatable bonds is 6. The van der Waals surface area contributed by atoms with Crippen molar-refractivity contribution in [1.29, 1.82) is 0 Å². The maximum Gasteiger partial charge on any atom is 0.186 e. The van der Waals surface area contributed by atoms with Crippen LogP contribution in [0.5, 0.6) is 0 Å². The molecule has 26 heavy (non-hydrogen) atoms. The van der Waals surface area contributed by atoms with Gasteiger partial charge in [-0.1, -0.05) is 20.8 Å². The molecule has 7 nitrogen and oxygen atoms in total. The summed E-state index contributed by atoms with van der Waals surface area (Å²) in [6, 6.07) is 0. The van der Waals surface area contributed by atoms with Gasteiger partial charge in [-0.15, -0.1) is 0 Å². The standard InChI is InChI=1S/C19H36O7/c1-10-7-12(21)8-19(3,4)13(10)6-5-11(2)25-18-17(24)16(23)15(22)14(9-20)26-18/h10-18,20-24H,5-9H2,1-4H3/t10-,11-,12+,13+,14-,15-,16+,17-,18-/m1/s1. The lowest BCUT2D eigenvalue weighted by atomic mass is 9.61. The molecule has 1 aliphatic carbocycles. The van der Waals surface area contributed by atoms with Gasteiger partial charge in [0.1, 0.15) is 24.4 Å². The number of aliphatic hydroxyl groups excluding tert-OH is 5. The van der Waals surface area contributed by atoms with E-state index in [9.17, 15) is 25.5 Å². The smallest absolute Gasteiger partial charge is 0.186 e. The van der Waals surface area contributed by atoms with Crippen molar-refractivity contribution in [3.05, 3.63) is 0 Å². The van der Waals surface area contributed by atoms with E-state index in [1.165, 1.54) is 0 Å². The molecule has 0 unspecified atom stereocenters. The molecule has 5 N–H and O–H groups in total. The van der Waals surface area contributed by atoms with E-state index in [0.29, 0.717) is 11.8 Å². The van der Waals surface area contributed by atoms with Gasteiger partial charge < -0.3 is 35.0 Å². The Morgan fingerprint density at radius 2 is 1.77 bits per heavy atom. The number of aliphatic hydroxyl groups is 5. The van der Waals surface area contributed by atoms with Gasteiger partial charge in [0.2, 0.25) is 0 Å². The van der Waals surface area contributed by atoms with Crippen molar-refractivity contribution in [2.75, 3.05) is 6.61 Å². The Bertz CT molecular complexity index is 442. The first kappa shape index (κ1) is 22.0. The summed E-state index contributed by atoms with van der Waals surface area (Å²) < 4.78 is 11.2. The zero-order valence-corrected chi connectivity index (χ0v) is 16.3. The Balaban J connectivity index is 1.89. The predicted octanol–water partition coefficient (Wildman–Crippen LogP) is 0.405. The lowest BCUT2D eigenvalue weighted by Gasteiger charge is -2.45. The molecule has 0 amide bonds. The van der Waals surface area contributed by atoms with Gasteiger partial charge in [0.05, 0.1) is 18.8 Å². The number of ether oxygens (including phenoxy) is 2. The van der Waals surface area contributed by atoms with Crippen LogP contribution >= 0.6 is 0 Å². The van der Waals surface area contributed by atoms with Gasteiger partial charge in [0.15, 0.2) is 6.29 Å². The molecule has 2 aliphatic rings. The molecule has 2 fully saturated rings. The molecular formula is C19H36O7. The Morgan fingerprint density at radius 3 is 2.35 bits per heavy atom. The average molecular weight is 376 g/mol. The first-order chi connectivity index (χ1) is 12.1. The molecule has 7 heteroatoms. The summed E-state index contributed by atoms with van der Waals surface area (Å²) >= 11 is 0. The van der Waals surface area contributed by atoms with Crippen LogP contribution in [-0.2, 0) is 9.47 Å². The van der Waals surface area contributed by atoms with Crippen molar-refractivity contribution in [1.82, 2.24) is 0 Å². The first-order valence-corrected chi connectivity index (χ1v) is 9.70. The third-order valence-electron chi connectivity index (χ3n) is 6.20. The maximum atomic E-state index is 10.1. The topological polar surface area (TPSA) is 120 Å². The summed E-state index contributed by atoms with van der Waals surface area (Å²) in [7, 11) is 0. The molecular weight excluding hydrogens is 340 g/mol. The number of hydrogen-bond acceptors (Lipinski definition) is 7. The fraction of sp³-hybridized carbons (Fsp3) is 1.00. The summed E-state index contributed by atoms with van der Waals surface area (Å²) in [6.45, 7) is 7.99. The summed E-state index contributed by atoms with van der Waals surface area (Å²) in [6.07, 6.45) is -3.36. The molecule has 1 heterocycles. The van der Waals surface area contributed by atoms with E-state index in [4.69, 9.17) is 9.47 Å². The minimum atomic E-state index is -1.42. The van der Waals surface area contributed by atoms with Gasteiger partial charge >= 0.3 is 0 Å². The highest BCUT2D eigenvalue weighted by Crippen LogP contribution is 2.46. The largest absolute Gasteiger partial charge is 0.394 e. The second-order valence-corrected chi connectivity index (χ2v) is 8.89. The Morgan fingerprint density at radius 1 is 1.12 bits per heavy atom. The molecule has 1 aliphatic heterocycles. The van der Waals surface area contributed by atoms with Crippen LogP contribution in [0.4, 0.5) is 0 Å². The van der Waals surface area contributed by atoms with Crippen LogP contribution in [0.15, 0.2) is 0 Å². The third kappa shape index (κ3) is 4.95. The van der Waals surface area contributed by atoms with E-state index in [-0.39, 0.29) is 17.6 Å². The Hall–Kier alpha value is -0.280. The summed E-state index contributed by atoms with van der Waals surface area (Å²) in [5.41, 5.74) is 0.0555.